The van der Waals surface area contributed by atoms with E-state index in [0.29, 0.717) is 6.54 Å². The summed E-state index contributed by atoms with van der Waals surface area (Å²) in [4.78, 5) is 18.7. The van der Waals surface area contributed by atoms with Gasteiger partial charge in [0.25, 0.3) is 0 Å². The molecule has 0 aromatic carbocycles. The van der Waals surface area contributed by atoms with Crippen LogP contribution < -0.4 is 10.6 Å². The van der Waals surface area contributed by atoms with Crippen LogP contribution in [0.2, 0.25) is 0 Å². The van der Waals surface area contributed by atoms with Crippen molar-refractivity contribution in [1.29, 1.82) is 0 Å². The van der Waals surface area contributed by atoms with Crippen molar-refractivity contribution in [2.75, 3.05) is 0 Å². The highest BCUT2D eigenvalue weighted by Crippen LogP contribution is 2.33. The maximum atomic E-state index is 12.0. The number of urea groups is 1. The fourth-order valence-electron chi connectivity index (χ4n) is 2.50. The lowest BCUT2D eigenvalue weighted by molar-refractivity contribution is 0.235. The molecule has 1 aliphatic rings. The van der Waals surface area contributed by atoms with Gasteiger partial charge in [0.05, 0.1) is 23.8 Å². The molecule has 6 heteroatoms. The van der Waals surface area contributed by atoms with Crippen LogP contribution in [0.4, 0.5) is 4.79 Å². The van der Waals surface area contributed by atoms with Gasteiger partial charge in [0.1, 0.15) is 0 Å². The van der Waals surface area contributed by atoms with Gasteiger partial charge in [0.2, 0.25) is 0 Å². The maximum Gasteiger partial charge on any atom is 0.315 e. The number of carbonyl (C=O) groups is 1. The Bertz CT molecular complexity index is 605. The number of aryl methyl sites for hydroxylation is 2. The van der Waals surface area contributed by atoms with Gasteiger partial charge in [-0.05, 0) is 43.2 Å². The average Bonchev–Trinajstić information content (AvgIpc) is 3.06. The third kappa shape index (κ3) is 2.86. The van der Waals surface area contributed by atoms with E-state index in [-0.39, 0.29) is 12.1 Å². The molecule has 106 valence electrons. The quantitative estimate of drug-likeness (QED) is 0.913. The monoisotopic (exact) mass is 307 g/mol. The number of amides is 2. The number of carbonyl (C=O) groups excluding carboxylic acids is 1. The van der Waals surface area contributed by atoms with Crippen LogP contribution in [0.15, 0.2) is 17.0 Å². The summed E-state index contributed by atoms with van der Waals surface area (Å²) >= 11 is 3.37. The second-order valence-electron chi connectivity index (χ2n) is 4.93. The third-order valence-corrected chi connectivity index (χ3v) is 5.54. The van der Waals surface area contributed by atoms with Crippen molar-refractivity contribution in [3.8, 4) is 0 Å². The molecule has 4 nitrogen and oxygen atoms in total. The first kappa shape index (κ1) is 13.6. The fraction of sp³-hybridized carbons (Fsp3) is 0.429. The Kier molecular flexibility index (Phi) is 4.03. The molecule has 2 N–H and O–H groups in total. The zero-order valence-corrected chi connectivity index (χ0v) is 12.9. The predicted octanol–water partition coefficient (Wildman–Crippen LogP) is 3.39. The Morgan fingerprint density at radius 1 is 1.50 bits per heavy atom. The number of hydrogen-bond acceptors (Lipinski definition) is 4. The topological polar surface area (TPSA) is 54.0 Å². The van der Waals surface area contributed by atoms with E-state index in [4.69, 9.17) is 0 Å². The van der Waals surface area contributed by atoms with Crippen molar-refractivity contribution >= 4 is 28.7 Å². The summed E-state index contributed by atoms with van der Waals surface area (Å²) in [6.45, 7) is 2.51. The molecule has 1 atom stereocenters. The maximum absolute atomic E-state index is 12.0. The first-order valence-electron chi connectivity index (χ1n) is 6.73. The lowest BCUT2D eigenvalue weighted by atomic mass is 9.94. The number of thiazole rings is 1. The van der Waals surface area contributed by atoms with Crippen LogP contribution in [0.1, 0.15) is 39.9 Å². The zero-order valence-electron chi connectivity index (χ0n) is 11.3. The summed E-state index contributed by atoms with van der Waals surface area (Å²) in [5.41, 5.74) is 4.10. The lowest BCUT2D eigenvalue weighted by Crippen LogP contribution is -2.38. The molecule has 20 heavy (non-hydrogen) atoms. The minimum absolute atomic E-state index is 0.0955. The van der Waals surface area contributed by atoms with Gasteiger partial charge in [-0.1, -0.05) is 0 Å². The van der Waals surface area contributed by atoms with E-state index in [2.05, 4.69) is 27.1 Å². The van der Waals surface area contributed by atoms with Gasteiger partial charge in [0, 0.05) is 9.75 Å². The van der Waals surface area contributed by atoms with Gasteiger partial charge in [-0.3, -0.25) is 0 Å². The molecule has 2 aromatic rings. The van der Waals surface area contributed by atoms with Crippen LogP contribution >= 0.6 is 22.7 Å². The highest BCUT2D eigenvalue weighted by atomic mass is 32.1. The van der Waals surface area contributed by atoms with Crippen LogP contribution in [-0.4, -0.2) is 11.0 Å². The van der Waals surface area contributed by atoms with Gasteiger partial charge in [0.15, 0.2) is 0 Å². The SMILES string of the molecule is Cc1ncsc1CNC(=O)NC1CCCc2sccc21. The number of thiophene rings is 1. The molecule has 0 fully saturated rings. The molecule has 0 saturated carbocycles. The van der Waals surface area contributed by atoms with Gasteiger partial charge in [-0.2, -0.15) is 0 Å². The van der Waals surface area contributed by atoms with Crippen LogP contribution in [0, 0.1) is 6.92 Å². The largest absolute Gasteiger partial charge is 0.333 e. The van der Waals surface area contributed by atoms with E-state index in [0.717, 1.165) is 29.8 Å². The van der Waals surface area contributed by atoms with Crippen LogP contribution in [0.25, 0.3) is 0 Å². The Labute approximate surface area is 126 Å². The number of aromatic nitrogens is 1. The number of fused-ring (bicyclic) bond motifs is 1. The predicted molar refractivity (Wildman–Crippen MR) is 82.2 cm³/mol. The first-order chi connectivity index (χ1) is 9.74. The highest BCUT2D eigenvalue weighted by molar-refractivity contribution is 7.10. The van der Waals surface area contributed by atoms with Crippen molar-refractivity contribution in [2.45, 2.75) is 38.8 Å². The standard InChI is InChI=1S/C14H17N3OS2/c1-9-13(20-8-16-9)7-15-14(18)17-11-3-2-4-12-10(11)5-6-19-12/h5-6,8,11H,2-4,7H2,1H3,(H2,15,17,18). The fourth-order valence-corrected chi connectivity index (χ4v) is 4.21. The molecule has 0 spiro atoms. The van der Waals surface area contributed by atoms with Gasteiger partial charge < -0.3 is 10.6 Å². The van der Waals surface area contributed by atoms with E-state index < -0.39 is 0 Å². The second-order valence-corrected chi connectivity index (χ2v) is 6.87. The summed E-state index contributed by atoms with van der Waals surface area (Å²) in [5, 5.41) is 8.12. The van der Waals surface area contributed by atoms with Crippen molar-refractivity contribution in [1.82, 2.24) is 15.6 Å². The van der Waals surface area contributed by atoms with Crippen molar-refractivity contribution in [3.05, 3.63) is 38.0 Å². The van der Waals surface area contributed by atoms with E-state index in [9.17, 15) is 4.79 Å². The summed E-state index contributed by atoms with van der Waals surface area (Å²) in [6, 6.07) is 2.20. The molecule has 0 bridgehead atoms. The van der Waals surface area contributed by atoms with E-state index in [1.165, 1.54) is 10.4 Å². The Balaban J connectivity index is 1.57. The Morgan fingerprint density at radius 3 is 3.20 bits per heavy atom. The van der Waals surface area contributed by atoms with Gasteiger partial charge >= 0.3 is 6.03 Å². The Hall–Kier alpha value is -1.40. The molecule has 2 heterocycles. The number of nitrogens with one attached hydrogen (secondary N) is 2. The minimum atomic E-state index is -0.0955. The van der Waals surface area contributed by atoms with Crippen molar-refractivity contribution in [3.63, 3.8) is 0 Å². The van der Waals surface area contributed by atoms with Crippen LogP contribution in [0.5, 0.6) is 0 Å². The zero-order chi connectivity index (χ0) is 13.9. The highest BCUT2D eigenvalue weighted by Gasteiger charge is 2.22. The molecule has 2 aromatic heterocycles. The molecular weight excluding hydrogens is 290 g/mol. The summed E-state index contributed by atoms with van der Waals surface area (Å²) in [5.74, 6) is 0. The smallest absolute Gasteiger partial charge is 0.315 e. The van der Waals surface area contributed by atoms with Crippen molar-refractivity contribution in [2.24, 2.45) is 0 Å². The third-order valence-electron chi connectivity index (χ3n) is 3.61. The number of rotatable bonds is 3. The lowest BCUT2D eigenvalue weighted by Gasteiger charge is -2.23. The number of nitrogens with zero attached hydrogens (tertiary/aromatic N) is 1. The Morgan fingerprint density at radius 2 is 2.40 bits per heavy atom. The first-order valence-corrected chi connectivity index (χ1v) is 8.49. The average molecular weight is 307 g/mol. The summed E-state index contributed by atoms with van der Waals surface area (Å²) < 4.78 is 0. The van der Waals surface area contributed by atoms with E-state index >= 15 is 0 Å². The molecule has 1 unspecified atom stereocenters. The summed E-state index contributed by atoms with van der Waals surface area (Å²) in [7, 11) is 0. The molecule has 1 aliphatic carbocycles. The molecule has 2 amide bonds. The number of hydrogen-bond donors (Lipinski definition) is 2. The molecule has 0 aliphatic heterocycles. The molecule has 3 rings (SSSR count). The second kappa shape index (κ2) is 5.93. The molecule has 0 saturated heterocycles. The summed E-state index contributed by atoms with van der Waals surface area (Å²) in [6.07, 6.45) is 3.32. The van der Waals surface area contributed by atoms with Crippen LogP contribution in [0.3, 0.4) is 0 Å². The minimum Gasteiger partial charge on any atom is -0.333 e. The normalized spacial score (nSPS) is 17.6. The van der Waals surface area contributed by atoms with Crippen molar-refractivity contribution < 1.29 is 4.79 Å². The van der Waals surface area contributed by atoms with E-state index in [1.807, 2.05) is 12.4 Å². The van der Waals surface area contributed by atoms with Crippen LogP contribution in [-0.2, 0) is 13.0 Å². The molecule has 0 radical (unpaired) electrons. The molecular formula is C14H17N3OS2. The van der Waals surface area contributed by atoms with Gasteiger partial charge in [-0.25, -0.2) is 9.78 Å². The van der Waals surface area contributed by atoms with E-state index in [1.54, 1.807) is 22.7 Å². The van der Waals surface area contributed by atoms with Gasteiger partial charge in [-0.15, -0.1) is 22.7 Å².